The lowest BCUT2D eigenvalue weighted by Gasteiger charge is -2.17. The smallest absolute Gasteiger partial charge is 0.0827 e. The maximum Gasteiger partial charge on any atom is 0.113 e. The minimum atomic E-state index is 0.959. The van der Waals surface area contributed by atoms with Crippen LogP contribution in [0.4, 0.5) is 0 Å². The predicted octanol–water partition coefficient (Wildman–Crippen LogP) is 3.66. The SMILES string of the molecule is CC[B]C1CCCCCCC1. The van der Waals surface area contributed by atoms with Gasteiger partial charge in [0.2, 0.25) is 0 Å². The second kappa shape index (κ2) is 5.68. The average Bonchev–Trinajstić information content (AvgIpc) is 1.94. The summed E-state index contributed by atoms with van der Waals surface area (Å²) in [5, 5.41) is 0. The van der Waals surface area contributed by atoms with E-state index in [1.54, 1.807) is 0 Å². The summed E-state index contributed by atoms with van der Waals surface area (Å²) in [5.41, 5.74) is 0. The Hall–Kier alpha value is 0.0649. The highest BCUT2D eigenvalue weighted by Crippen LogP contribution is 2.26. The van der Waals surface area contributed by atoms with Crippen molar-refractivity contribution in [2.24, 2.45) is 0 Å². The highest BCUT2D eigenvalue weighted by molar-refractivity contribution is 6.37. The van der Waals surface area contributed by atoms with E-state index in [1.165, 1.54) is 51.3 Å². The van der Waals surface area contributed by atoms with Crippen LogP contribution in [0.15, 0.2) is 0 Å². The molecule has 1 heteroatoms. The molecule has 1 aliphatic rings. The van der Waals surface area contributed by atoms with E-state index in [-0.39, 0.29) is 0 Å². The first-order valence-electron chi connectivity index (χ1n) is 5.27. The summed E-state index contributed by atoms with van der Waals surface area (Å²) in [5.74, 6) is 0.959. The molecule has 1 aliphatic carbocycles. The molecule has 0 atom stereocenters. The van der Waals surface area contributed by atoms with Gasteiger partial charge in [-0.3, -0.25) is 0 Å². The maximum absolute atomic E-state index is 2.52. The molecule has 0 saturated heterocycles. The Labute approximate surface area is 72.0 Å². The van der Waals surface area contributed by atoms with Gasteiger partial charge >= 0.3 is 0 Å². The predicted molar refractivity (Wildman–Crippen MR) is 52.3 cm³/mol. The summed E-state index contributed by atoms with van der Waals surface area (Å²) in [4.78, 5) is 0. The molecular weight excluding hydrogens is 131 g/mol. The zero-order valence-corrected chi connectivity index (χ0v) is 7.81. The monoisotopic (exact) mass is 151 g/mol. The van der Waals surface area contributed by atoms with Gasteiger partial charge in [0.25, 0.3) is 0 Å². The third-order valence-electron chi connectivity index (χ3n) is 2.72. The topological polar surface area (TPSA) is 0 Å². The van der Waals surface area contributed by atoms with Crippen LogP contribution in [0, 0.1) is 0 Å². The maximum atomic E-state index is 2.52. The Morgan fingerprint density at radius 2 is 1.55 bits per heavy atom. The summed E-state index contributed by atoms with van der Waals surface area (Å²) < 4.78 is 0. The molecule has 0 unspecified atom stereocenters. The van der Waals surface area contributed by atoms with Crippen LogP contribution < -0.4 is 0 Å². The molecule has 11 heavy (non-hydrogen) atoms. The quantitative estimate of drug-likeness (QED) is 0.528. The lowest BCUT2D eigenvalue weighted by atomic mass is 9.58. The van der Waals surface area contributed by atoms with Gasteiger partial charge in [-0.15, -0.1) is 0 Å². The van der Waals surface area contributed by atoms with E-state index in [9.17, 15) is 0 Å². The number of hydrogen-bond donors (Lipinski definition) is 0. The first kappa shape index (κ1) is 9.16. The number of rotatable bonds is 2. The normalized spacial score (nSPS) is 22.3. The fourth-order valence-electron chi connectivity index (χ4n) is 2.06. The fourth-order valence-corrected chi connectivity index (χ4v) is 2.06. The molecule has 0 bridgehead atoms. The minimum absolute atomic E-state index is 0.959. The van der Waals surface area contributed by atoms with Crippen LogP contribution in [0.3, 0.4) is 0 Å². The van der Waals surface area contributed by atoms with Crippen molar-refractivity contribution < 1.29 is 0 Å². The summed E-state index contributed by atoms with van der Waals surface area (Å²) >= 11 is 0. The van der Waals surface area contributed by atoms with Crippen molar-refractivity contribution in [1.82, 2.24) is 0 Å². The highest BCUT2D eigenvalue weighted by Gasteiger charge is 2.10. The van der Waals surface area contributed by atoms with E-state index in [0.29, 0.717) is 0 Å². The van der Waals surface area contributed by atoms with Crippen molar-refractivity contribution in [3.05, 3.63) is 0 Å². The van der Waals surface area contributed by atoms with Crippen LogP contribution in [0.1, 0.15) is 51.9 Å². The molecule has 0 aromatic rings. The Morgan fingerprint density at radius 3 is 2.09 bits per heavy atom. The van der Waals surface area contributed by atoms with Gasteiger partial charge in [0.1, 0.15) is 7.28 Å². The molecule has 63 valence electrons. The van der Waals surface area contributed by atoms with E-state index >= 15 is 0 Å². The van der Waals surface area contributed by atoms with Crippen LogP contribution in [-0.2, 0) is 0 Å². The zero-order chi connectivity index (χ0) is 7.94. The van der Waals surface area contributed by atoms with Gasteiger partial charge in [-0.1, -0.05) is 64.0 Å². The Balaban J connectivity index is 2.15. The van der Waals surface area contributed by atoms with E-state index in [2.05, 4.69) is 14.2 Å². The molecule has 0 nitrogen and oxygen atoms in total. The van der Waals surface area contributed by atoms with Crippen molar-refractivity contribution in [2.45, 2.75) is 64.0 Å². The molecule has 1 fully saturated rings. The Morgan fingerprint density at radius 1 is 1.00 bits per heavy atom. The van der Waals surface area contributed by atoms with Crippen molar-refractivity contribution in [2.75, 3.05) is 0 Å². The third kappa shape index (κ3) is 3.84. The molecule has 0 aliphatic heterocycles. The van der Waals surface area contributed by atoms with Crippen LogP contribution in [-0.4, -0.2) is 7.28 Å². The minimum Gasteiger partial charge on any atom is -0.0827 e. The summed E-state index contributed by atoms with van der Waals surface area (Å²) in [7, 11) is 2.52. The second-order valence-electron chi connectivity index (χ2n) is 3.75. The molecule has 1 rings (SSSR count). The standard InChI is InChI=1S/C10H20B/c1-2-11-10-8-6-4-3-5-7-9-10/h10H,2-9H2,1H3. The van der Waals surface area contributed by atoms with Crippen molar-refractivity contribution in [3.63, 3.8) is 0 Å². The van der Waals surface area contributed by atoms with E-state index in [4.69, 9.17) is 0 Å². The van der Waals surface area contributed by atoms with Crippen molar-refractivity contribution in [1.29, 1.82) is 0 Å². The Kier molecular flexibility index (Phi) is 4.73. The van der Waals surface area contributed by atoms with Gasteiger partial charge in [0.15, 0.2) is 0 Å². The molecule has 1 saturated carbocycles. The fraction of sp³-hybridized carbons (Fsp3) is 1.00. The van der Waals surface area contributed by atoms with Crippen molar-refractivity contribution >= 4 is 7.28 Å². The zero-order valence-electron chi connectivity index (χ0n) is 7.81. The molecule has 0 amide bonds. The molecule has 1 radical (unpaired) electrons. The third-order valence-corrected chi connectivity index (χ3v) is 2.72. The van der Waals surface area contributed by atoms with Crippen LogP contribution in [0.2, 0.25) is 12.1 Å². The van der Waals surface area contributed by atoms with Gasteiger partial charge in [0.05, 0.1) is 0 Å². The molecule has 0 spiro atoms. The van der Waals surface area contributed by atoms with Gasteiger partial charge in [-0.05, 0) is 0 Å². The molecule has 0 N–H and O–H groups in total. The first-order chi connectivity index (χ1) is 5.43. The molecule has 0 aromatic carbocycles. The van der Waals surface area contributed by atoms with Gasteiger partial charge in [-0.25, -0.2) is 0 Å². The lowest BCUT2D eigenvalue weighted by Crippen LogP contribution is -2.04. The van der Waals surface area contributed by atoms with Crippen LogP contribution in [0.5, 0.6) is 0 Å². The first-order valence-corrected chi connectivity index (χ1v) is 5.27. The molecule has 0 heterocycles. The van der Waals surface area contributed by atoms with Gasteiger partial charge in [-0.2, -0.15) is 0 Å². The van der Waals surface area contributed by atoms with Gasteiger partial charge < -0.3 is 0 Å². The van der Waals surface area contributed by atoms with Crippen LogP contribution >= 0.6 is 0 Å². The van der Waals surface area contributed by atoms with E-state index < -0.39 is 0 Å². The average molecular weight is 151 g/mol. The van der Waals surface area contributed by atoms with E-state index in [1.807, 2.05) is 0 Å². The summed E-state index contributed by atoms with van der Waals surface area (Å²) in [6.07, 6.45) is 11.6. The van der Waals surface area contributed by atoms with Crippen LogP contribution in [0.25, 0.3) is 0 Å². The molecular formula is C10H20B. The summed E-state index contributed by atoms with van der Waals surface area (Å²) in [6, 6.07) is 0. The van der Waals surface area contributed by atoms with Gasteiger partial charge in [0, 0.05) is 0 Å². The van der Waals surface area contributed by atoms with E-state index in [0.717, 1.165) is 5.82 Å². The van der Waals surface area contributed by atoms with Crippen molar-refractivity contribution in [3.8, 4) is 0 Å². The Bertz CT molecular complexity index is 82.9. The second-order valence-corrected chi connectivity index (χ2v) is 3.75. The largest absolute Gasteiger partial charge is 0.113 e. The number of hydrogen-bond acceptors (Lipinski definition) is 0. The molecule has 0 aromatic heterocycles. The summed E-state index contributed by atoms with van der Waals surface area (Å²) in [6.45, 7) is 2.26. The lowest BCUT2D eigenvalue weighted by molar-refractivity contribution is 0.501. The highest BCUT2D eigenvalue weighted by atomic mass is 14.1.